The van der Waals surface area contributed by atoms with Gasteiger partial charge in [0, 0.05) is 38.2 Å². The molecule has 2 aliphatic rings. The lowest BCUT2D eigenvalue weighted by molar-refractivity contribution is 0.0762. The van der Waals surface area contributed by atoms with Crippen molar-refractivity contribution in [3.05, 3.63) is 52.7 Å². The molecule has 1 aliphatic heterocycles. The molecule has 0 bridgehead atoms. The Kier molecular flexibility index (Phi) is 4.76. The van der Waals surface area contributed by atoms with E-state index in [-0.39, 0.29) is 11.5 Å². The highest BCUT2D eigenvalue weighted by atomic mass is 35.5. The van der Waals surface area contributed by atoms with Gasteiger partial charge in [0.2, 0.25) is 0 Å². The van der Waals surface area contributed by atoms with Crippen LogP contribution in [0.15, 0.2) is 30.3 Å². The minimum Gasteiger partial charge on any atom is -0.355 e. The number of hydrogen-bond acceptors (Lipinski definition) is 4. The average Bonchev–Trinajstić information content (AvgIpc) is 3.47. The van der Waals surface area contributed by atoms with E-state index in [2.05, 4.69) is 14.9 Å². The van der Waals surface area contributed by atoms with E-state index in [9.17, 15) is 9.18 Å². The Hall–Kier alpha value is -2.21. The first-order valence-corrected chi connectivity index (χ1v) is 9.33. The standard InChI is InChI=1S/C19H20ClFN4O/c20-16-12-17(23-18(22-16)13-6-7-13)24-8-3-9-25(11-10-24)19(26)14-4-1-2-5-15(14)21/h1-2,4-5,12-13H,3,6-11H2. The van der Waals surface area contributed by atoms with E-state index in [0.717, 1.165) is 37.4 Å². The highest BCUT2D eigenvalue weighted by molar-refractivity contribution is 6.29. The highest BCUT2D eigenvalue weighted by Crippen LogP contribution is 2.39. The molecule has 5 nitrogen and oxygen atoms in total. The first-order valence-electron chi connectivity index (χ1n) is 8.95. The van der Waals surface area contributed by atoms with Crippen LogP contribution in [0.4, 0.5) is 10.2 Å². The second-order valence-corrected chi connectivity index (χ2v) is 7.18. The topological polar surface area (TPSA) is 49.3 Å². The maximum absolute atomic E-state index is 13.9. The molecule has 1 aliphatic carbocycles. The summed E-state index contributed by atoms with van der Waals surface area (Å²) in [5.41, 5.74) is 0.127. The maximum atomic E-state index is 13.9. The fraction of sp³-hybridized carbons (Fsp3) is 0.421. The van der Waals surface area contributed by atoms with Crippen molar-refractivity contribution in [3.8, 4) is 0 Å². The SMILES string of the molecule is O=C(c1ccccc1F)N1CCCN(c2cc(Cl)nc(C3CC3)n2)CC1. The third-order valence-electron chi connectivity index (χ3n) is 4.85. The van der Waals surface area contributed by atoms with Gasteiger partial charge in [-0.05, 0) is 31.4 Å². The Bertz CT molecular complexity index is 827. The van der Waals surface area contributed by atoms with Crippen LogP contribution in [0, 0.1) is 5.82 Å². The van der Waals surface area contributed by atoms with Gasteiger partial charge in [-0.1, -0.05) is 23.7 Å². The first-order chi connectivity index (χ1) is 12.6. The van der Waals surface area contributed by atoms with Crippen LogP contribution in [0.1, 0.15) is 41.4 Å². The van der Waals surface area contributed by atoms with E-state index in [1.807, 2.05) is 0 Å². The average molecular weight is 375 g/mol. The second-order valence-electron chi connectivity index (χ2n) is 6.79. The molecule has 2 aromatic rings. The molecule has 0 radical (unpaired) electrons. The lowest BCUT2D eigenvalue weighted by Crippen LogP contribution is -2.35. The number of aromatic nitrogens is 2. The molecule has 1 saturated heterocycles. The summed E-state index contributed by atoms with van der Waals surface area (Å²) < 4.78 is 13.9. The highest BCUT2D eigenvalue weighted by Gasteiger charge is 2.28. The molecule has 0 unspecified atom stereocenters. The summed E-state index contributed by atoms with van der Waals surface area (Å²) in [6, 6.07) is 7.91. The van der Waals surface area contributed by atoms with Gasteiger partial charge in [-0.2, -0.15) is 0 Å². The molecule has 1 amide bonds. The largest absolute Gasteiger partial charge is 0.355 e. The van der Waals surface area contributed by atoms with Gasteiger partial charge in [0.15, 0.2) is 0 Å². The lowest BCUT2D eigenvalue weighted by Gasteiger charge is -2.23. The van der Waals surface area contributed by atoms with Crippen molar-refractivity contribution < 1.29 is 9.18 Å². The Morgan fingerprint density at radius 3 is 2.69 bits per heavy atom. The number of halogens is 2. The zero-order valence-corrected chi connectivity index (χ0v) is 15.1. The van der Waals surface area contributed by atoms with Crippen LogP contribution in [0.2, 0.25) is 5.15 Å². The first kappa shape index (κ1) is 17.2. The van der Waals surface area contributed by atoms with E-state index in [1.165, 1.54) is 12.1 Å². The zero-order chi connectivity index (χ0) is 18.1. The van der Waals surface area contributed by atoms with E-state index < -0.39 is 5.82 Å². The number of amides is 1. The van der Waals surface area contributed by atoms with Crippen molar-refractivity contribution in [2.24, 2.45) is 0 Å². The van der Waals surface area contributed by atoms with Gasteiger partial charge in [0.25, 0.3) is 5.91 Å². The maximum Gasteiger partial charge on any atom is 0.256 e. The fourth-order valence-electron chi connectivity index (χ4n) is 3.26. The van der Waals surface area contributed by atoms with Crippen molar-refractivity contribution >= 4 is 23.3 Å². The summed E-state index contributed by atoms with van der Waals surface area (Å²) >= 11 is 6.17. The number of hydrogen-bond donors (Lipinski definition) is 0. The molecule has 0 N–H and O–H groups in total. The van der Waals surface area contributed by atoms with Crippen LogP contribution in [-0.2, 0) is 0 Å². The van der Waals surface area contributed by atoms with Gasteiger partial charge in [0.05, 0.1) is 5.56 Å². The number of rotatable bonds is 3. The van der Waals surface area contributed by atoms with Crippen molar-refractivity contribution in [2.75, 3.05) is 31.1 Å². The molecular formula is C19H20ClFN4O. The van der Waals surface area contributed by atoms with Gasteiger partial charge in [-0.15, -0.1) is 0 Å². The normalized spacial score (nSPS) is 17.9. The Morgan fingerprint density at radius 1 is 1.12 bits per heavy atom. The van der Waals surface area contributed by atoms with Crippen LogP contribution in [0.5, 0.6) is 0 Å². The molecule has 26 heavy (non-hydrogen) atoms. The van der Waals surface area contributed by atoms with E-state index in [1.54, 1.807) is 23.1 Å². The number of nitrogens with zero attached hydrogens (tertiary/aromatic N) is 4. The van der Waals surface area contributed by atoms with Gasteiger partial charge < -0.3 is 9.80 Å². The summed E-state index contributed by atoms with van der Waals surface area (Å²) in [6.07, 6.45) is 3.02. The summed E-state index contributed by atoms with van der Waals surface area (Å²) in [5.74, 6) is 1.32. The van der Waals surface area contributed by atoms with Crippen LogP contribution in [-0.4, -0.2) is 47.0 Å². The number of carbonyl (C=O) groups excluding carboxylic acids is 1. The van der Waals surface area contributed by atoms with Gasteiger partial charge in [0.1, 0.15) is 22.6 Å². The minimum absolute atomic E-state index is 0.127. The fourth-order valence-corrected chi connectivity index (χ4v) is 3.45. The van der Waals surface area contributed by atoms with Gasteiger partial charge in [-0.3, -0.25) is 4.79 Å². The molecule has 1 saturated carbocycles. The van der Waals surface area contributed by atoms with Gasteiger partial charge >= 0.3 is 0 Å². The third-order valence-corrected chi connectivity index (χ3v) is 5.05. The molecule has 0 atom stereocenters. The van der Waals surface area contributed by atoms with E-state index in [0.29, 0.717) is 30.7 Å². The quantitative estimate of drug-likeness (QED) is 0.771. The Balaban J connectivity index is 1.48. The molecule has 4 rings (SSSR count). The zero-order valence-electron chi connectivity index (χ0n) is 14.4. The second kappa shape index (κ2) is 7.19. The molecular weight excluding hydrogens is 355 g/mol. The summed E-state index contributed by atoms with van der Waals surface area (Å²) in [6.45, 7) is 2.53. The monoisotopic (exact) mass is 374 g/mol. The van der Waals surface area contributed by atoms with E-state index in [4.69, 9.17) is 11.6 Å². The number of benzene rings is 1. The van der Waals surface area contributed by atoms with Crippen molar-refractivity contribution in [3.63, 3.8) is 0 Å². The summed E-state index contributed by atoms with van der Waals surface area (Å²) in [4.78, 5) is 25.5. The summed E-state index contributed by atoms with van der Waals surface area (Å²) in [7, 11) is 0. The van der Waals surface area contributed by atoms with Gasteiger partial charge in [-0.25, -0.2) is 14.4 Å². The minimum atomic E-state index is -0.477. The Morgan fingerprint density at radius 2 is 1.92 bits per heavy atom. The van der Waals surface area contributed by atoms with E-state index >= 15 is 0 Å². The van der Waals surface area contributed by atoms with Crippen LogP contribution < -0.4 is 4.90 Å². The predicted molar refractivity (Wildman–Crippen MR) is 98.2 cm³/mol. The van der Waals surface area contributed by atoms with Crippen LogP contribution in [0.3, 0.4) is 0 Å². The molecule has 2 heterocycles. The van der Waals surface area contributed by atoms with Crippen LogP contribution >= 0.6 is 11.6 Å². The molecule has 7 heteroatoms. The smallest absolute Gasteiger partial charge is 0.256 e. The number of anilines is 1. The molecule has 0 spiro atoms. The van der Waals surface area contributed by atoms with Crippen molar-refractivity contribution in [1.82, 2.24) is 14.9 Å². The lowest BCUT2D eigenvalue weighted by atomic mass is 10.2. The molecule has 2 fully saturated rings. The Labute approximate surface area is 156 Å². The van der Waals surface area contributed by atoms with Crippen molar-refractivity contribution in [1.29, 1.82) is 0 Å². The molecule has 136 valence electrons. The molecule has 1 aromatic heterocycles. The molecule has 1 aromatic carbocycles. The number of carbonyl (C=O) groups is 1. The predicted octanol–water partition coefficient (Wildman–Crippen LogP) is 3.50. The van der Waals surface area contributed by atoms with Crippen LogP contribution in [0.25, 0.3) is 0 Å². The summed E-state index contributed by atoms with van der Waals surface area (Å²) in [5, 5.41) is 0.459. The third kappa shape index (κ3) is 3.65. The van der Waals surface area contributed by atoms with Crippen molar-refractivity contribution in [2.45, 2.75) is 25.2 Å².